The molecule has 1 saturated heterocycles. The van der Waals surface area contributed by atoms with Gasteiger partial charge in [0.1, 0.15) is 17.4 Å². The first-order valence-corrected chi connectivity index (χ1v) is 13.2. The number of aryl methyl sites for hydroxylation is 1. The van der Waals surface area contributed by atoms with Gasteiger partial charge in [0.05, 0.1) is 57.1 Å². The number of halogens is 3. The van der Waals surface area contributed by atoms with Crippen molar-refractivity contribution in [3.8, 4) is 5.75 Å². The third kappa shape index (κ3) is 8.10. The Hall–Kier alpha value is -2.84. The normalized spacial score (nSPS) is 18.6. The van der Waals surface area contributed by atoms with E-state index in [-0.39, 0.29) is 55.9 Å². The zero-order valence-corrected chi connectivity index (χ0v) is 22.4. The SMILES string of the molecule is O=C(OCCOCCON(O)O)N1C2C=C(c3ccc(CCCOc4c(F)ccc(F)c4Cl)cc3)CC1COC2. The fourth-order valence-corrected chi connectivity index (χ4v) is 4.82. The second kappa shape index (κ2) is 14.7. The van der Waals surface area contributed by atoms with Crippen LogP contribution in [-0.2, 0) is 25.5 Å². The summed E-state index contributed by atoms with van der Waals surface area (Å²) in [4.78, 5) is 18.8. The topological polar surface area (TPSA) is 110 Å². The van der Waals surface area contributed by atoms with Crippen molar-refractivity contribution in [3.05, 3.63) is 70.3 Å². The molecule has 13 heteroatoms. The largest absolute Gasteiger partial charge is 0.489 e. The number of ether oxygens (including phenoxy) is 4. The van der Waals surface area contributed by atoms with Crippen LogP contribution in [0, 0.1) is 11.6 Å². The van der Waals surface area contributed by atoms with Gasteiger partial charge in [0.15, 0.2) is 11.6 Å². The van der Waals surface area contributed by atoms with E-state index in [4.69, 9.17) is 41.0 Å². The molecule has 0 aromatic heterocycles. The van der Waals surface area contributed by atoms with E-state index in [1.807, 2.05) is 30.3 Å². The number of carbonyl (C=O) groups excluding carboxylic acids is 1. The first-order chi connectivity index (χ1) is 19.3. The van der Waals surface area contributed by atoms with Gasteiger partial charge in [0.25, 0.3) is 0 Å². The summed E-state index contributed by atoms with van der Waals surface area (Å²) < 4.78 is 49.0. The number of benzene rings is 2. The number of rotatable bonds is 13. The Labute approximate surface area is 235 Å². The molecule has 2 aromatic rings. The number of hydrogen-bond acceptors (Lipinski definition) is 9. The average Bonchev–Trinajstić information content (AvgIpc) is 2.93. The van der Waals surface area contributed by atoms with Crippen molar-refractivity contribution in [2.75, 3.05) is 46.2 Å². The maximum absolute atomic E-state index is 13.8. The van der Waals surface area contributed by atoms with Gasteiger partial charge >= 0.3 is 6.09 Å². The van der Waals surface area contributed by atoms with E-state index in [2.05, 4.69) is 4.84 Å². The Kier molecular flexibility index (Phi) is 11.1. The molecule has 4 rings (SSSR count). The minimum Gasteiger partial charge on any atom is -0.489 e. The molecule has 1 amide bonds. The lowest BCUT2D eigenvalue weighted by Crippen LogP contribution is -2.56. The summed E-state index contributed by atoms with van der Waals surface area (Å²) in [6.45, 7) is 1.19. The third-order valence-corrected chi connectivity index (χ3v) is 6.83. The van der Waals surface area contributed by atoms with Crippen LogP contribution in [0.15, 0.2) is 42.5 Å². The molecule has 2 aliphatic heterocycles. The molecule has 0 radical (unpaired) electrons. The molecular formula is C27H31ClF2N2O8. The molecule has 2 aromatic carbocycles. The van der Waals surface area contributed by atoms with Crippen molar-refractivity contribution in [3.63, 3.8) is 0 Å². The predicted molar refractivity (Wildman–Crippen MR) is 138 cm³/mol. The van der Waals surface area contributed by atoms with Crippen molar-refractivity contribution in [1.82, 2.24) is 10.3 Å². The maximum atomic E-state index is 13.8. The first-order valence-electron chi connectivity index (χ1n) is 12.8. The van der Waals surface area contributed by atoms with E-state index < -0.39 is 23.1 Å². The van der Waals surface area contributed by atoms with Crippen LogP contribution in [0.5, 0.6) is 5.75 Å². The number of fused-ring (bicyclic) bond motifs is 2. The summed E-state index contributed by atoms with van der Waals surface area (Å²) >= 11 is 5.79. The van der Waals surface area contributed by atoms with E-state index in [1.54, 1.807) is 4.90 Å². The van der Waals surface area contributed by atoms with E-state index in [0.29, 0.717) is 32.5 Å². The predicted octanol–water partition coefficient (Wildman–Crippen LogP) is 4.65. The molecule has 0 spiro atoms. The van der Waals surface area contributed by atoms with Gasteiger partial charge in [-0.25, -0.2) is 18.4 Å². The van der Waals surface area contributed by atoms with Crippen LogP contribution in [0.1, 0.15) is 24.0 Å². The zero-order chi connectivity index (χ0) is 28.5. The number of nitrogens with zero attached hydrogens (tertiary/aromatic N) is 2. The number of carbonyl (C=O) groups is 1. The van der Waals surface area contributed by atoms with Crippen LogP contribution in [0.2, 0.25) is 5.02 Å². The van der Waals surface area contributed by atoms with Crippen molar-refractivity contribution in [1.29, 1.82) is 0 Å². The van der Waals surface area contributed by atoms with Gasteiger partial charge in [-0.1, -0.05) is 41.9 Å². The van der Waals surface area contributed by atoms with Crippen LogP contribution in [0.25, 0.3) is 5.57 Å². The molecule has 0 aliphatic carbocycles. The summed E-state index contributed by atoms with van der Waals surface area (Å²) in [5.74, 6) is -1.70. The van der Waals surface area contributed by atoms with Gasteiger partial charge < -0.3 is 18.9 Å². The molecule has 2 aliphatic rings. The summed E-state index contributed by atoms with van der Waals surface area (Å²) in [6, 6.07) is 9.63. The number of morpholine rings is 1. The molecule has 0 saturated carbocycles. The molecule has 1 fully saturated rings. The lowest BCUT2D eigenvalue weighted by Gasteiger charge is -2.43. The van der Waals surface area contributed by atoms with Gasteiger partial charge in [0, 0.05) is 0 Å². The second-order valence-corrected chi connectivity index (χ2v) is 9.57. The smallest absolute Gasteiger partial charge is 0.410 e. The van der Waals surface area contributed by atoms with Crippen LogP contribution in [-0.4, -0.2) is 85.1 Å². The standard InChI is InChI=1S/C27H31ClF2N2O8/c28-25-23(29)7-8-24(30)26(25)38-9-1-2-18-3-5-19(6-4-18)20-14-21-16-37-17-22(15-20)31(21)27(33)39-12-10-36-11-13-40-32(34)35/h3-8,14,21-22,34-35H,1-2,9-13,15-17H2. The Morgan fingerprint density at radius 3 is 2.52 bits per heavy atom. The van der Waals surface area contributed by atoms with Gasteiger partial charge in [-0.15, -0.1) is 0 Å². The monoisotopic (exact) mass is 584 g/mol. The van der Waals surface area contributed by atoms with Gasteiger partial charge in [-0.3, -0.25) is 15.3 Å². The molecule has 2 bridgehead atoms. The van der Waals surface area contributed by atoms with Gasteiger partial charge in [0.2, 0.25) is 0 Å². The minimum absolute atomic E-state index is 0.0465. The van der Waals surface area contributed by atoms with Gasteiger partial charge in [-0.05, 0) is 48.1 Å². The molecule has 218 valence electrons. The fourth-order valence-electron chi connectivity index (χ4n) is 4.61. The average molecular weight is 585 g/mol. The highest BCUT2D eigenvalue weighted by atomic mass is 35.5. The van der Waals surface area contributed by atoms with Crippen molar-refractivity contribution < 1.29 is 47.8 Å². The Balaban J connectivity index is 1.24. The Morgan fingerprint density at radius 2 is 1.77 bits per heavy atom. The molecule has 10 nitrogen and oxygen atoms in total. The quantitative estimate of drug-likeness (QED) is 0.197. The number of hydrogen-bond donors (Lipinski definition) is 2. The summed E-state index contributed by atoms with van der Waals surface area (Å²) in [6.07, 6.45) is 3.48. The minimum atomic E-state index is -0.727. The Bertz CT molecular complexity index is 1170. The molecule has 40 heavy (non-hydrogen) atoms. The molecule has 2 N–H and O–H groups in total. The fraction of sp³-hybridized carbons (Fsp3) is 0.444. The lowest BCUT2D eigenvalue weighted by molar-refractivity contribution is -0.493. The molecule has 2 unspecified atom stereocenters. The first kappa shape index (κ1) is 30.1. The Morgan fingerprint density at radius 1 is 1.02 bits per heavy atom. The molecule has 2 heterocycles. The van der Waals surface area contributed by atoms with E-state index in [0.717, 1.165) is 28.8 Å². The molecular weight excluding hydrogens is 554 g/mol. The van der Waals surface area contributed by atoms with E-state index in [9.17, 15) is 13.6 Å². The zero-order valence-electron chi connectivity index (χ0n) is 21.6. The van der Waals surface area contributed by atoms with Crippen molar-refractivity contribution in [2.24, 2.45) is 0 Å². The highest BCUT2D eigenvalue weighted by Crippen LogP contribution is 2.33. The van der Waals surface area contributed by atoms with Crippen LogP contribution in [0.4, 0.5) is 13.6 Å². The van der Waals surface area contributed by atoms with Crippen LogP contribution >= 0.6 is 11.6 Å². The highest BCUT2D eigenvalue weighted by Gasteiger charge is 2.39. The third-order valence-electron chi connectivity index (χ3n) is 6.48. The van der Waals surface area contributed by atoms with E-state index in [1.165, 1.54) is 0 Å². The second-order valence-electron chi connectivity index (χ2n) is 9.20. The maximum Gasteiger partial charge on any atom is 0.410 e. The summed E-state index contributed by atoms with van der Waals surface area (Å²) in [5, 5.41) is 16.1. The summed E-state index contributed by atoms with van der Waals surface area (Å²) in [5.41, 5.74) is 3.25. The van der Waals surface area contributed by atoms with Crippen LogP contribution < -0.4 is 4.74 Å². The van der Waals surface area contributed by atoms with Crippen molar-refractivity contribution >= 4 is 23.3 Å². The van der Waals surface area contributed by atoms with Crippen LogP contribution in [0.3, 0.4) is 0 Å². The number of amides is 1. The van der Waals surface area contributed by atoms with Gasteiger partial charge in [-0.2, -0.15) is 0 Å². The lowest BCUT2D eigenvalue weighted by atomic mass is 9.89. The van der Waals surface area contributed by atoms with E-state index >= 15 is 0 Å². The summed E-state index contributed by atoms with van der Waals surface area (Å²) in [7, 11) is 0. The molecule has 2 atom stereocenters. The highest BCUT2D eigenvalue weighted by molar-refractivity contribution is 6.32. The van der Waals surface area contributed by atoms with Crippen molar-refractivity contribution in [2.45, 2.75) is 31.3 Å².